The van der Waals surface area contributed by atoms with E-state index in [-0.39, 0.29) is 6.10 Å². The van der Waals surface area contributed by atoms with Gasteiger partial charge in [-0.15, -0.1) is 0 Å². The van der Waals surface area contributed by atoms with Crippen LogP contribution >= 0.6 is 0 Å². The zero-order valence-corrected chi connectivity index (χ0v) is 11.0. The number of hydrogen-bond donors (Lipinski definition) is 2. The molecule has 0 radical (unpaired) electrons. The Morgan fingerprint density at radius 3 is 2.56 bits per heavy atom. The molecule has 2 N–H and O–H groups in total. The normalized spacial score (nSPS) is 39.3. The van der Waals surface area contributed by atoms with Gasteiger partial charge >= 0.3 is 0 Å². The highest BCUT2D eigenvalue weighted by atomic mass is 16.3. The summed E-state index contributed by atoms with van der Waals surface area (Å²) in [5.41, 5.74) is 0. The molecule has 1 amide bonds. The minimum atomic E-state index is -0.175. The van der Waals surface area contributed by atoms with Crippen LogP contribution in [0.2, 0.25) is 0 Å². The zero-order valence-electron chi connectivity index (χ0n) is 11.0. The number of piperidine rings is 1. The maximum Gasteiger partial charge on any atom is 0.223 e. The summed E-state index contributed by atoms with van der Waals surface area (Å²) in [5.74, 6) is 1.03. The molecule has 102 valence electrons. The molecule has 0 aliphatic carbocycles. The van der Waals surface area contributed by atoms with Crippen molar-refractivity contribution in [3.63, 3.8) is 0 Å². The highest BCUT2D eigenvalue weighted by molar-refractivity contribution is 5.77. The highest BCUT2D eigenvalue weighted by Crippen LogP contribution is 2.36. The van der Waals surface area contributed by atoms with E-state index in [0.717, 1.165) is 45.2 Å². The number of nitrogens with zero attached hydrogens (tertiary/aromatic N) is 1. The van der Waals surface area contributed by atoms with Crippen molar-refractivity contribution in [1.29, 1.82) is 0 Å². The van der Waals surface area contributed by atoms with Gasteiger partial charge in [0.2, 0.25) is 5.91 Å². The molecule has 4 nitrogen and oxygen atoms in total. The van der Waals surface area contributed by atoms with Crippen LogP contribution in [-0.2, 0) is 4.79 Å². The Morgan fingerprint density at radius 1 is 1.22 bits per heavy atom. The lowest BCUT2D eigenvalue weighted by molar-refractivity contribution is -0.137. The van der Waals surface area contributed by atoms with E-state index in [4.69, 9.17) is 0 Å². The summed E-state index contributed by atoms with van der Waals surface area (Å²) in [7, 11) is 0. The second-order valence-electron chi connectivity index (χ2n) is 6.21. The van der Waals surface area contributed by atoms with Crippen molar-refractivity contribution < 1.29 is 9.90 Å². The summed E-state index contributed by atoms with van der Waals surface area (Å²) in [4.78, 5) is 14.5. The number of amides is 1. The lowest BCUT2D eigenvalue weighted by Crippen LogP contribution is -2.48. The quantitative estimate of drug-likeness (QED) is 0.784. The SMILES string of the molecule is O=C(CCC1CCNC1)N1C2CCC1CC(O)C2. The van der Waals surface area contributed by atoms with Crippen LogP contribution in [-0.4, -0.2) is 47.2 Å². The lowest BCUT2D eigenvalue weighted by Gasteiger charge is -2.37. The van der Waals surface area contributed by atoms with Crippen LogP contribution in [0.25, 0.3) is 0 Å². The fraction of sp³-hybridized carbons (Fsp3) is 0.929. The molecule has 3 saturated heterocycles. The topological polar surface area (TPSA) is 52.6 Å². The van der Waals surface area contributed by atoms with Crippen LogP contribution in [0.5, 0.6) is 0 Å². The van der Waals surface area contributed by atoms with Crippen molar-refractivity contribution in [3.8, 4) is 0 Å². The van der Waals surface area contributed by atoms with Gasteiger partial charge in [0, 0.05) is 18.5 Å². The number of aliphatic hydroxyl groups excluding tert-OH is 1. The van der Waals surface area contributed by atoms with E-state index in [1.165, 1.54) is 6.42 Å². The van der Waals surface area contributed by atoms with Crippen molar-refractivity contribution in [2.24, 2.45) is 5.92 Å². The van der Waals surface area contributed by atoms with Gasteiger partial charge < -0.3 is 15.3 Å². The Balaban J connectivity index is 1.53. The van der Waals surface area contributed by atoms with E-state index in [1.807, 2.05) is 0 Å². The van der Waals surface area contributed by atoms with E-state index in [9.17, 15) is 9.90 Å². The molecular formula is C14H24N2O2. The summed E-state index contributed by atoms with van der Waals surface area (Å²) in [6.07, 6.45) is 6.57. The molecule has 18 heavy (non-hydrogen) atoms. The first kappa shape index (κ1) is 12.4. The van der Waals surface area contributed by atoms with Crippen molar-refractivity contribution in [2.75, 3.05) is 13.1 Å². The maximum absolute atomic E-state index is 12.3. The Kier molecular flexibility index (Phi) is 3.57. The summed E-state index contributed by atoms with van der Waals surface area (Å²) in [6.45, 7) is 2.19. The molecule has 0 saturated carbocycles. The third-order valence-electron chi connectivity index (χ3n) is 4.93. The molecule has 3 unspecified atom stereocenters. The monoisotopic (exact) mass is 252 g/mol. The van der Waals surface area contributed by atoms with Gasteiger partial charge in [0.15, 0.2) is 0 Å². The molecule has 0 aromatic rings. The molecule has 2 bridgehead atoms. The Hall–Kier alpha value is -0.610. The first-order valence-electron chi connectivity index (χ1n) is 7.44. The highest BCUT2D eigenvalue weighted by Gasteiger charge is 2.42. The van der Waals surface area contributed by atoms with E-state index < -0.39 is 0 Å². The van der Waals surface area contributed by atoms with E-state index in [0.29, 0.717) is 30.3 Å². The Labute approximate surface area is 109 Å². The first-order chi connectivity index (χ1) is 8.74. The fourth-order valence-corrected chi connectivity index (χ4v) is 3.97. The second-order valence-corrected chi connectivity index (χ2v) is 6.21. The smallest absolute Gasteiger partial charge is 0.223 e. The van der Waals surface area contributed by atoms with E-state index >= 15 is 0 Å². The number of aliphatic hydroxyl groups is 1. The average Bonchev–Trinajstić information content (AvgIpc) is 2.94. The minimum Gasteiger partial charge on any atom is -0.393 e. The van der Waals surface area contributed by atoms with Crippen LogP contribution in [0.4, 0.5) is 0 Å². The number of carbonyl (C=O) groups is 1. The zero-order chi connectivity index (χ0) is 12.5. The van der Waals surface area contributed by atoms with Crippen molar-refractivity contribution >= 4 is 5.91 Å². The molecule has 3 fully saturated rings. The average molecular weight is 252 g/mol. The molecule has 3 aliphatic rings. The van der Waals surface area contributed by atoms with Crippen molar-refractivity contribution in [1.82, 2.24) is 10.2 Å². The number of hydrogen-bond acceptors (Lipinski definition) is 3. The third kappa shape index (κ3) is 2.41. The molecule has 3 aliphatic heterocycles. The molecule has 0 spiro atoms. The van der Waals surface area contributed by atoms with Gasteiger partial charge in [0.1, 0.15) is 0 Å². The van der Waals surface area contributed by atoms with Crippen molar-refractivity contribution in [2.45, 2.75) is 63.1 Å². The molecule has 3 rings (SSSR count). The van der Waals surface area contributed by atoms with Gasteiger partial charge in [-0.2, -0.15) is 0 Å². The molecule has 0 aromatic heterocycles. The van der Waals surface area contributed by atoms with Gasteiger partial charge in [-0.1, -0.05) is 0 Å². The van der Waals surface area contributed by atoms with Gasteiger partial charge in [0.05, 0.1) is 6.10 Å². The lowest BCUT2D eigenvalue weighted by atomic mass is 9.97. The van der Waals surface area contributed by atoms with Crippen LogP contribution in [0.15, 0.2) is 0 Å². The van der Waals surface area contributed by atoms with Gasteiger partial charge in [-0.25, -0.2) is 0 Å². The van der Waals surface area contributed by atoms with Gasteiger partial charge in [-0.3, -0.25) is 4.79 Å². The number of fused-ring (bicyclic) bond motifs is 2. The Morgan fingerprint density at radius 2 is 1.94 bits per heavy atom. The van der Waals surface area contributed by atoms with E-state index in [2.05, 4.69) is 10.2 Å². The molecule has 3 heterocycles. The van der Waals surface area contributed by atoms with Gasteiger partial charge in [-0.05, 0) is 57.5 Å². The van der Waals surface area contributed by atoms with E-state index in [1.54, 1.807) is 0 Å². The predicted molar refractivity (Wildman–Crippen MR) is 69.1 cm³/mol. The second kappa shape index (κ2) is 5.17. The van der Waals surface area contributed by atoms with Crippen LogP contribution in [0, 0.1) is 5.92 Å². The first-order valence-corrected chi connectivity index (χ1v) is 7.44. The van der Waals surface area contributed by atoms with Gasteiger partial charge in [0.25, 0.3) is 0 Å². The number of carbonyl (C=O) groups excluding carboxylic acids is 1. The standard InChI is InChI=1S/C14H24N2O2/c17-13-7-11-2-3-12(8-13)16(11)14(18)4-1-10-5-6-15-9-10/h10-13,15,17H,1-9H2. The maximum atomic E-state index is 12.3. The molecule has 0 aromatic carbocycles. The third-order valence-corrected chi connectivity index (χ3v) is 4.93. The number of rotatable bonds is 3. The summed E-state index contributed by atoms with van der Waals surface area (Å²) < 4.78 is 0. The van der Waals surface area contributed by atoms with Crippen LogP contribution in [0.3, 0.4) is 0 Å². The van der Waals surface area contributed by atoms with Crippen LogP contribution < -0.4 is 5.32 Å². The van der Waals surface area contributed by atoms with Crippen molar-refractivity contribution in [3.05, 3.63) is 0 Å². The number of nitrogens with one attached hydrogen (secondary N) is 1. The summed E-state index contributed by atoms with van der Waals surface area (Å²) in [6, 6.07) is 0.654. The van der Waals surface area contributed by atoms with Crippen LogP contribution in [0.1, 0.15) is 44.9 Å². The Bertz CT molecular complexity index is 301. The summed E-state index contributed by atoms with van der Waals surface area (Å²) in [5, 5.41) is 13.1. The minimum absolute atomic E-state index is 0.175. The molecule has 3 atom stereocenters. The predicted octanol–water partition coefficient (Wildman–Crippen LogP) is 0.890. The largest absolute Gasteiger partial charge is 0.393 e. The summed E-state index contributed by atoms with van der Waals surface area (Å²) >= 11 is 0. The molecular weight excluding hydrogens is 228 g/mol. The fourth-order valence-electron chi connectivity index (χ4n) is 3.97. The molecule has 4 heteroatoms.